The molecule has 6 heteroatoms. The topological polar surface area (TPSA) is 42.9 Å². The fourth-order valence-electron chi connectivity index (χ4n) is 3.77. The average Bonchev–Trinajstić information content (AvgIpc) is 3.36. The van der Waals surface area contributed by atoms with Crippen molar-refractivity contribution < 1.29 is 0 Å². The predicted molar refractivity (Wildman–Crippen MR) is 126 cm³/mol. The van der Waals surface area contributed by atoms with Gasteiger partial charge in [0.1, 0.15) is 0 Å². The van der Waals surface area contributed by atoms with Gasteiger partial charge in [0.15, 0.2) is 5.96 Å². The van der Waals surface area contributed by atoms with Crippen molar-refractivity contribution >= 4 is 35.6 Å². The summed E-state index contributed by atoms with van der Waals surface area (Å²) in [5.41, 5.74) is 2.53. The maximum Gasteiger partial charge on any atom is 0.191 e. The minimum atomic E-state index is 0. The maximum atomic E-state index is 4.77. The van der Waals surface area contributed by atoms with Gasteiger partial charge in [0, 0.05) is 37.9 Å². The average molecular weight is 483 g/mol. The summed E-state index contributed by atoms with van der Waals surface area (Å²) < 4.78 is 0. The van der Waals surface area contributed by atoms with Crippen LogP contribution < -0.4 is 15.5 Å². The molecule has 150 valence electrons. The fourth-order valence-corrected chi connectivity index (χ4v) is 3.77. The molecule has 27 heavy (non-hydrogen) atoms. The molecule has 0 spiro atoms. The molecule has 0 aliphatic carbocycles. The minimum Gasteiger partial charge on any atom is -0.364 e. The van der Waals surface area contributed by atoms with Crippen molar-refractivity contribution in [2.24, 2.45) is 4.99 Å². The van der Waals surface area contributed by atoms with Crippen LogP contribution in [-0.4, -0.2) is 56.2 Å². The van der Waals surface area contributed by atoms with Gasteiger partial charge in [-0.25, -0.2) is 4.99 Å². The molecule has 5 nitrogen and oxygen atoms in total. The van der Waals surface area contributed by atoms with E-state index in [1.807, 2.05) is 0 Å². The number of guanidine groups is 1. The van der Waals surface area contributed by atoms with Crippen LogP contribution >= 0.6 is 24.0 Å². The Morgan fingerprint density at radius 2 is 1.85 bits per heavy atom. The van der Waals surface area contributed by atoms with Crippen LogP contribution in [-0.2, 0) is 6.54 Å². The van der Waals surface area contributed by atoms with E-state index >= 15 is 0 Å². The number of halogens is 1. The van der Waals surface area contributed by atoms with E-state index in [-0.39, 0.29) is 24.0 Å². The normalized spacial score (nSPS) is 20.0. The molecular formula is C21H34IN5. The van der Waals surface area contributed by atoms with Gasteiger partial charge in [0.25, 0.3) is 0 Å². The summed E-state index contributed by atoms with van der Waals surface area (Å²) in [6.45, 7) is 11.3. The summed E-state index contributed by atoms with van der Waals surface area (Å²) in [5.74, 6) is 0.920. The van der Waals surface area contributed by atoms with E-state index in [1.165, 1.54) is 30.6 Å². The van der Waals surface area contributed by atoms with Gasteiger partial charge in [-0.2, -0.15) is 0 Å². The SMILES string of the molecule is CCNC(=NCc1ccc(N2CC=CC2)cc1)NCC1CCCN1CC.I. The van der Waals surface area contributed by atoms with Crippen molar-refractivity contribution in [3.8, 4) is 0 Å². The molecule has 0 radical (unpaired) electrons. The van der Waals surface area contributed by atoms with Crippen molar-refractivity contribution in [1.82, 2.24) is 15.5 Å². The molecule has 1 aromatic rings. The number of nitrogens with one attached hydrogen (secondary N) is 2. The lowest BCUT2D eigenvalue weighted by Gasteiger charge is -2.24. The van der Waals surface area contributed by atoms with Crippen molar-refractivity contribution in [1.29, 1.82) is 0 Å². The van der Waals surface area contributed by atoms with Crippen LogP contribution in [0.5, 0.6) is 0 Å². The lowest BCUT2D eigenvalue weighted by Crippen LogP contribution is -2.44. The molecule has 0 aromatic heterocycles. The molecule has 1 atom stereocenters. The largest absolute Gasteiger partial charge is 0.364 e. The Labute approximate surface area is 181 Å². The second-order valence-electron chi connectivity index (χ2n) is 7.04. The van der Waals surface area contributed by atoms with Crippen molar-refractivity contribution in [3.63, 3.8) is 0 Å². The zero-order chi connectivity index (χ0) is 18.2. The van der Waals surface area contributed by atoms with Crippen molar-refractivity contribution in [2.75, 3.05) is 44.2 Å². The van der Waals surface area contributed by atoms with Crippen LogP contribution in [0.4, 0.5) is 5.69 Å². The summed E-state index contributed by atoms with van der Waals surface area (Å²) in [6.07, 6.45) is 7.03. The molecule has 1 aromatic carbocycles. The summed E-state index contributed by atoms with van der Waals surface area (Å²) in [4.78, 5) is 9.69. The molecule has 2 aliphatic heterocycles. The Morgan fingerprint density at radius 3 is 2.52 bits per heavy atom. The van der Waals surface area contributed by atoms with E-state index < -0.39 is 0 Å². The molecule has 2 heterocycles. The number of hydrogen-bond donors (Lipinski definition) is 2. The molecule has 2 N–H and O–H groups in total. The number of aliphatic imine (C=N–C) groups is 1. The Kier molecular flexibility index (Phi) is 9.41. The zero-order valence-corrected chi connectivity index (χ0v) is 19.0. The van der Waals surface area contributed by atoms with Crippen LogP contribution in [0.2, 0.25) is 0 Å². The number of rotatable bonds is 7. The van der Waals surface area contributed by atoms with Crippen LogP contribution in [0.3, 0.4) is 0 Å². The van der Waals surface area contributed by atoms with Gasteiger partial charge in [-0.1, -0.05) is 31.2 Å². The summed E-state index contributed by atoms with van der Waals surface area (Å²) >= 11 is 0. The van der Waals surface area contributed by atoms with Gasteiger partial charge in [-0.15, -0.1) is 24.0 Å². The van der Waals surface area contributed by atoms with E-state index in [4.69, 9.17) is 4.99 Å². The first-order chi connectivity index (χ1) is 12.8. The summed E-state index contributed by atoms with van der Waals surface area (Å²) in [6, 6.07) is 9.43. The number of likely N-dealkylation sites (tertiary alicyclic amines) is 1. The predicted octanol–water partition coefficient (Wildman–Crippen LogP) is 3.22. The Bertz CT molecular complexity index is 606. The lowest BCUT2D eigenvalue weighted by molar-refractivity contribution is 0.267. The van der Waals surface area contributed by atoms with E-state index in [0.29, 0.717) is 12.6 Å². The van der Waals surface area contributed by atoms with Crippen molar-refractivity contribution in [3.05, 3.63) is 42.0 Å². The highest BCUT2D eigenvalue weighted by Gasteiger charge is 2.22. The number of nitrogens with zero attached hydrogens (tertiary/aromatic N) is 3. The van der Waals surface area contributed by atoms with E-state index in [0.717, 1.165) is 38.7 Å². The van der Waals surface area contributed by atoms with Gasteiger partial charge >= 0.3 is 0 Å². The second kappa shape index (κ2) is 11.5. The maximum absolute atomic E-state index is 4.77. The highest BCUT2D eigenvalue weighted by Crippen LogP contribution is 2.18. The number of anilines is 1. The summed E-state index contributed by atoms with van der Waals surface area (Å²) in [5, 5.41) is 6.90. The highest BCUT2D eigenvalue weighted by atomic mass is 127. The molecule has 0 amide bonds. The first-order valence-electron chi connectivity index (χ1n) is 10.0. The molecule has 0 saturated carbocycles. The molecule has 0 bridgehead atoms. The summed E-state index contributed by atoms with van der Waals surface area (Å²) in [7, 11) is 0. The number of likely N-dealkylation sites (N-methyl/N-ethyl adjacent to an activating group) is 1. The van der Waals surface area contributed by atoms with E-state index in [1.54, 1.807) is 0 Å². The van der Waals surface area contributed by atoms with E-state index in [9.17, 15) is 0 Å². The monoisotopic (exact) mass is 483 g/mol. The number of benzene rings is 1. The molecule has 3 rings (SSSR count). The first-order valence-corrected chi connectivity index (χ1v) is 10.0. The quantitative estimate of drug-likeness (QED) is 0.271. The lowest BCUT2D eigenvalue weighted by atomic mass is 10.2. The second-order valence-corrected chi connectivity index (χ2v) is 7.04. The third-order valence-electron chi connectivity index (χ3n) is 5.29. The Balaban J connectivity index is 0.00000261. The third kappa shape index (κ3) is 6.38. The zero-order valence-electron chi connectivity index (χ0n) is 16.7. The van der Waals surface area contributed by atoms with E-state index in [2.05, 4.69) is 70.7 Å². The highest BCUT2D eigenvalue weighted by molar-refractivity contribution is 14.0. The fraction of sp³-hybridized carbons (Fsp3) is 0.571. The van der Waals surface area contributed by atoms with Crippen LogP contribution in [0.15, 0.2) is 41.4 Å². The molecule has 1 saturated heterocycles. The van der Waals surface area contributed by atoms with Crippen LogP contribution in [0.25, 0.3) is 0 Å². The van der Waals surface area contributed by atoms with Gasteiger partial charge in [-0.05, 0) is 50.6 Å². The molecular weight excluding hydrogens is 449 g/mol. The van der Waals surface area contributed by atoms with Crippen LogP contribution in [0.1, 0.15) is 32.3 Å². The van der Waals surface area contributed by atoms with Gasteiger partial charge in [0.05, 0.1) is 6.54 Å². The molecule has 1 fully saturated rings. The van der Waals surface area contributed by atoms with Gasteiger partial charge in [0.2, 0.25) is 0 Å². The third-order valence-corrected chi connectivity index (χ3v) is 5.29. The smallest absolute Gasteiger partial charge is 0.191 e. The Hall–Kier alpha value is -1.28. The van der Waals surface area contributed by atoms with Gasteiger partial charge in [-0.3, -0.25) is 4.90 Å². The molecule has 1 unspecified atom stereocenters. The first kappa shape index (κ1) is 22.0. The van der Waals surface area contributed by atoms with Crippen molar-refractivity contribution in [2.45, 2.75) is 39.3 Å². The molecule has 2 aliphatic rings. The number of hydrogen-bond acceptors (Lipinski definition) is 3. The van der Waals surface area contributed by atoms with Gasteiger partial charge < -0.3 is 15.5 Å². The Morgan fingerprint density at radius 1 is 1.11 bits per heavy atom. The van der Waals surface area contributed by atoms with Crippen LogP contribution in [0, 0.1) is 0 Å². The minimum absolute atomic E-state index is 0. The standard InChI is InChI=1S/C21H33N5.HI/c1-3-22-21(24-17-20-8-7-15-25(20)4-2)23-16-18-9-11-19(12-10-18)26-13-5-6-14-26;/h5-6,9-12,20H,3-4,7-8,13-17H2,1-2H3,(H2,22,23,24);1H.